The van der Waals surface area contributed by atoms with Gasteiger partial charge in [0.05, 0.1) is 11.0 Å². The van der Waals surface area contributed by atoms with Gasteiger partial charge in [-0.15, -0.1) is 0 Å². The fourth-order valence-corrected chi connectivity index (χ4v) is 8.54. The zero-order chi connectivity index (χ0) is 37.7. The van der Waals surface area contributed by atoms with Gasteiger partial charge in [-0.2, -0.15) is 0 Å². The Hall–Kier alpha value is -7.43. The maximum atomic E-state index is 6.44. The third-order valence-electron chi connectivity index (χ3n) is 11.3. The summed E-state index contributed by atoms with van der Waals surface area (Å²) in [5.41, 5.74) is 14.5. The molecular formula is C53H37N3O. The number of allylic oxidation sites excluding steroid dienone is 4. The van der Waals surface area contributed by atoms with Crippen molar-refractivity contribution in [1.29, 1.82) is 0 Å². The molecule has 1 atom stereocenters. The van der Waals surface area contributed by atoms with Gasteiger partial charge < -0.3 is 13.9 Å². The molecule has 0 saturated carbocycles. The van der Waals surface area contributed by atoms with Crippen molar-refractivity contribution in [2.24, 2.45) is 5.92 Å². The highest BCUT2D eigenvalue weighted by molar-refractivity contribution is 6.09. The number of oxazole rings is 1. The quantitative estimate of drug-likeness (QED) is 0.164. The summed E-state index contributed by atoms with van der Waals surface area (Å²) in [4.78, 5) is 7.22. The van der Waals surface area contributed by atoms with E-state index in [4.69, 9.17) is 9.40 Å². The number of nitrogens with zero attached hydrogens (tertiary/aromatic N) is 3. The van der Waals surface area contributed by atoms with Crippen LogP contribution < -0.4 is 15.7 Å². The van der Waals surface area contributed by atoms with Crippen LogP contribution >= 0.6 is 0 Å². The Morgan fingerprint density at radius 1 is 0.544 bits per heavy atom. The van der Waals surface area contributed by atoms with Gasteiger partial charge >= 0.3 is 0 Å². The van der Waals surface area contributed by atoms with Gasteiger partial charge in [0.1, 0.15) is 5.35 Å². The van der Waals surface area contributed by atoms with E-state index in [-0.39, 0.29) is 5.92 Å². The number of fused-ring (bicyclic) bond motifs is 5. The molecule has 4 nitrogen and oxygen atoms in total. The van der Waals surface area contributed by atoms with E-state index in [1.54, 1.807) is 0 Å². The third-order valence-corrected chi connectivity index (χ3v) is 11.3. The van der Waals surface area contributed by atoms with Gasteiger partial charge in [0.25, 0.3) is 0 Å². The Morgan fingerprint density at radius 3 is 1.86 bits per heavy atom. The number of benzene rings is 7. The maximum absolute atomic E-state index is 6.44. The molecule has 0 radical (unpaired) electrons. The number of anilines is 3. The van der Waals surface area contributed by atoms with E-state index < -0.39 is 0 Å². The number of para-hydroxylation sites is 2. The predicted octanol–water partition coefficient (Wildman–Crippen LogP) is 12.2. The molecule has 9 aromatic rings. The molecule has 1 unspecified atom stereocenters. The summed E-state index contributed by atoms with van der Waals surface area (Å²) < 4.78 is 8.81. The summed E-state index contributed by atoms with van der Waals surface area (Å²) in [5, 5.41) is 3.45. The van der Waals surface area contributed by atoms with Crippen molar-refractivity contribution < 1.29 is 4.42 Å². The van der Waals surface area contributed by atoms with E-state index in [9.17, 15) is 0 Å². The van der Waals surface area contributed by atoms with Crippen LogP contribution in [0.25, 0.3) is 67.3 Å². The van der Waals surface area contributed by atoms with Gasteiger partial charge in [0.15, 0.2) is 5.42 Å². The molecule has 2 heterocycles. The number of aromatic nitrogens is 2. The second-order valence-corrected chi connectivity index (χ2v) is 14.7. The van der Waals surface area contributed by atoms with Gasteiger partial charge in [-0.1, -0.05) is 127 Å². The topological polar surface area (TPSA) is 34.2 Å². The maximum Gasteiger partial charge on any atom is 0.227 e. The lowest BCUT2D eigenvalue weighted by molar-refractivity contribution is 0.531. The van der Waals surface area contributed by atoms with E-state index >= 15 is 0 Å². The summed E-state index contributed by atoms with van der Waals surface area (Å²) in [6.07, 6.45) is 9.97. The molecule has 0 aliphatic heterocycles. The van der Waals surface area contributed by atoms with Gasteiger partial charge in [0.2, 0.25) is 5.89 Å². The van der Waals surface area contributed by atoms with Crippen LogP contribution in [-0.2, 0) is 0 Å². The van der Waals surface area contributed by atoms with Crippen molar-refractivity contribution in [3.8, 4) is 28.3 Å². The van der Waals surface area contributed by atoms with Crippen molar-refractivity contribution in [1.82, 2.24) is 9.55 Å². The second-order valence-electron chi connectivity index (χ2n) is 14.7. The van der Waals surface area contributed by atoms with Crippen LogP contribution in [0, 0.1) is 5.92 Å². The highest BCUT2D eigenvalue weighted by Gasteiger charge is 2.22. The van der Waals surface area contributed by atoms with Crippen LogP contribution in [0.15, 0.2) is 205 Å². The van der Waals surface area contributed by atoms with E-state index in [1.165, 1.54) is 38.5 Å². The second kappa shape index (κ2) is 13.7. The molecule has 4 heteroatoms. The van der Waals surface area contributed by atoms with Crippen LogP contribution in [0.4, 0.5) is 17.1 Å². The van der Waals surface area contributed by atoms with Crippen molar-refractivity contribution >= 4 is 56.1 Å². The predicted molar refractivity (Wildman–Crippen MR) is 235 cm³/mol. The average Bonchev–Trinajstić information content (AvgIpc) is 3.88. The summed E-state index contributed by atoms with van der Waals surface area (Å²) in [7, 11) is 0. The van der Waals surface area contributed by atoms with E-state index in [0.717, 1.165) is 56.6 Å². The molecule has 0 amide bonds. The molecule has 0 fully saturated rings. The zero-order valence-corrected chi connectivity index (χ0v) is 31.2. The summed E-state index contributed by atoms with van der Waals surface area (Å²) >= 11 is 0. The number of rotatable bonds is 7. The normalized spacial score (nSPS) is 14.6. The van der Waals surface area contributed by atoms with Crippen molar-refractivity contribution in [2.75, 3.05) is 4.90 Å². The molecule has 0 saturated heterocycles. The molecule has 2 aliphatic carbocycles. The number of hydrogen-bond donors (Lipinski definition) is 0. The lowest BCUT2D eigenvalue weighted by Crippen LogP contribution is -2.31. The van der Waals surface area contributed by atoms with Crippen LogP contribution in [0.2, 0.25) is 0 Å². The minimum absolute atomic E-state index is 0.273. The summed E-state index contributed by atoms with van der Waals surface area (Å²) in [6.45, 7) is 0. The highest BCUT2D eigenvalue weighted by Crippen LogP contribution is 2.40. The molecule has 0 spiro atoms. The van der Waals surface area contributed by atoms with Gasteiger partial charge in [0, 0.05) is 50.6 Å². The fourth-order valence-electron chi connectivity index (χ4n) is 8.54. The third kappa shape index (κ3) is 5.82. The molecule has 57 heavy (non-hydrogen) atoms. The van der Waals surface area contributed by atoms with E-state index in [1.807, 2.05) is 30.3 Å². The smallest absolute Gasteiger partial charge is 0.227 e. The molecule has 11 rings (SSSR count). The van der Waals surface area contributed by atoms with E-state index in [2.05, 4.69) is 185 Å². The minimum Gasteiger partial charge on any atom is -0.436 e. The van der Waals surface area contributed by atoms with Crippen molar-refractivity contribution in [3.05, 3.63) is 217 Å². The Balaban J connectivity index is 0.989. The highest BCUT2D eigenvalue weighted by atomic mass is 16.3. The number of hydrogen-bond acceptors (Lipinski definition) is 3. The molecule has 0 N–H and O–H groups in total. The largest absolute Gasteiger partial charge is 0.436 e. The van der Waals surface area contributed by atoms with Gasteiger partial charge in [-0.05, 0) is 108 Å². The molecule has 2 aromatic heterocycles. The van der Waals surface area contributed by atoms with Crippen LogP contribution in [-0.4, -0.2) is 9.55 Å². The Kier molecular flexibility index (Phi) is 7.92. The molecule has 270 valence electrons. The first-order chi connectivity index (χ1) is 28.2. The van der Waals surface area contributed by atoms with Crippen LogP contribution in [0.1, 0.15) is 12.0 Å². The molecule has 0 bridgehead atoms. The minimum atomic E-state index is 0.273. The molecular weight excluding hydrogens is 695 g/mol. The van der Waals surface area contributed by atoms with Gasteiger partial charge in [-0.3, -0.25) is 0 Å². The summed E-state index contributed by atoms with van der Waals surface area (Å²) in [5.74, 6) is 0.938. The fraction of sp³-hybridized carbons (Fsp3) is 0.0377. The molecule has 2 aliphatic rings. The average molecular weight is 732 g/mol. The van der Waals surface area contributed by atoms with Crippen molar-refractivity contribution in [2.45, 2.75) is 6.42 Å². The Labute approximate surface area is 330 Å². The standard InChI is InChI=1S/C53H37N3O/c1-3-12-36(13-4-1)40-16-11-17-45(34-40)55(43-29-31-44(32-30-43)56-50-20-9-7-18-46(50)47-19-8-10-21-51(47)56)42-27-24-37(25-28-42)41-23-22-38-26-33-49-52(48(38)35-41)57-53(54-49)39-14-5-2-6-15-39/h1-25,27-35,38H,26H2. The lowest BCUT2D eigenvalue weighted by atomic mass is 9.85. The monoisotopic (exact) mass is 731 g/mol. The zero-order valence-electron chi connectivity index (χ0n) is 31.2. The first kappa shape index (κ1) is 33.0. The van der Waals surface area contributed by atoms with Crippen molar-refractivity contribution in [3.63, 3.8) is 0 Å². The Bertz CT molecular complexity index is 3080. The summed E-state index contributed by atoms with van der Waals surface area (Å²) in [6, 6.07) is 64.8. The Morgan fingerprint density at radius 2 is 1.16 bits per heavy atom. The lowest BCUT2D eigenvalue weighted by Gasteiger charge is -2.27. The van der Waals surface area contributed by atoms with Crippen LogP contribution in [0.5, 0.6) is 0 Å². The molecule has 7 aromatic carbocycles. The first-order valence-corrected chi connectivity index (χ1v) is 19.6. The van der Waals surface area contributed by atoms with Crippen LogP contribution in [0.3, 0.4) is 0 Å². The van der Waals surface area contributed by atoms with Gasteiger partial charge in [-0.25, -0.2) is 4.98 Å². The first-order valence-electron chi connectivity index (χ1n) is 19.6. The SMILES string of the molecule is C1=CC2CC=c3nc(-c4ccccc4)oc3=C2C=C1c1ccc(N(c2ccc(-n3c4ccccc4c4ccccc43)cc2)c2cccc(-c3ccccc3)c2)cc1. The van der Waals surface area contributed by atoms with E-state index in [0.29, 0.717) is 5.89 Å².